The number of rotatable bonds is 6. The van der Waals surface area contributed by atoms with Crippen LogP contribution in [0.2, 0.25) is 0 Å². The van der Waals surface area contributed by atoms with Gasteiger partial charge in [0.1, 0.15) is 12.3 Å². The zero-order valence-electron chi connectivity index (χ0n) is 12.4. The van der Waals surface area contributed by atoms with Crippen LogP contribution in [-0.2, 0) is 20.9 Å². The highest BCUT2D eigenvalue weighted by atomic mass is 19.4. The highest BCUT2D eigenvalue weighted by molar-refractivity contribution is 6.37. The van der Waals surface area contributed by atoms with Crippen LogP contribution in [0, 0.1) is 0 Å². The molecule has 8 heteroatoms. The third kappa shape index (κ3) is 7.98. The molecule has 0 radical (unpaired) electrons. The van der Waals surface area contributed by atoms with Crippen molar-refractivity contribution in [3.63, 3.8) is 0 Å². The van der Waals surface area contributed by atoms with Crippen LogP contribution in [-0.4, -0.2) is 31.1 Å². The van der Waals surface area contributed by atoms with Gasteiger partial charge in [0.2, 0.25) is 0 Å². The quantitative estimate of drug-likeness (QED) is 0.589. The van der Waals surface area contributed by atoms with E-state index in [0.717, 1.165) is 7.11 Å². The molecule has 0 saturated carbocycles. The van der Waals surface area contributed by atoms with Crippen molar-refractivity contribution in [2.75, 3.05) is 7.11 Å². The van der Waals surface area contributed by atoms with Gasteiger partial charge in [-0.05, 0) is 18.4 Å². The molecule has 0 fully saturated rings. The monoisotopic (exact) mass is 331 g/mol. The Bertz CT molecular complexity index is 556. The molecule has 0 aliphatic heterocycles. The minimum Gasteiger partial charge on any atom is -0.465 e. The minimum atomic E-state index is -4.34. The summed E-state index contributed by atoms with van der Waals surface area (Å²) in [6, 6.07) is 8.75. The zero-order valence-corrected chi connectivity index (χ0v) is 12.4. The summed E-state index contributed by atoms with van der Waals surface area (Å²) in [7, 11) is 1.05. The number of aliphatic imine (C=N–C) groups is 1. The molecule has 1 rings (SSSR count). The normalized spacial score (nSPS) is 11.9. The van der Waals surface area contributed by atoms with Crippen molar-refractivity contribution in [3.8, 4) is 0 Å². The van der Waals surface area contributed by atoms with E-state index in [1.165, 1.54) is 0 Å². The maximum absolute atomic E-state index is 12.1. The van der Waals surface area contributed by atoms with E-state index in [9.17, 15) is 22.8 Å². The molecule has 0 unspecified atom stereocenters. The molecule has 1 aromatic carbocycles. The molecule has 0 heterocycles. The van der Waals surface area contributed by atoms with Gasteiger partial charge in [0.25, 0.3) is 0 Å². The third-order valence-corrected chi connectivity index (χ3v) is 2.73. The van der Waals surface area contributed by atoms with Crippen molar-refractivity contribution in [1.29, 1.82) is 0 Å². The molecule has 0 N–H and O–H groups in total. The van der Waals surface area contributed by atoms with Gasteiger partial charge in [0.05, 0.1) is 7.11 Å². The average Bonchev–Trinajstić information content (AvgIpc) is 2.51. The highest BCUT2D eigenvalue weighted by Gasteiger charge is 2.27. The van der Waals surface area contributed by atoms with Gasteiger partial charge in [-0.2, -0.15) is 18.2 Å². The number of carbonyl (C=O) groups excluding carboxylic acids is 2. The van der Waals surface area contributed by atoms with Crippen LogP contribution in [0.25, 0.3) is 0 Å². The van der Waals surface area contributed by atoms with Crippen molar-refractivity contribution >= 4 is 17.8 Å². The van der Waals surface area contributed by atoms with E-state index in [2.05, 4.69) is 9.73 Å². The molecule has 0 atom stereocenters. The van der Waals surface area contributed by atoms with Crippen LogP contribution in [0.3, 0.4) is 0 Å². The standard InChI is InChI=1S/C15H16F3NO4/c1-22-13(20)12(8-5-9-15(16,17)18)19-14(21)23-10-11-6-3-2-4-7-11/h2-4,6-7H,5,8-10H2,1H3. The largest absolute Gasteiger partial charge is 0.465 e. The Morgan fingerprint density at radius 3 is 2.39 bits per heavy atom. The van der Waals surface area contributed by atoms with Crippen LogP contribution in [0.4, 0.5) is 18.0 Å². The molecule has 0 aliphatic rings. The third-order valence-electron chi connectivity index (χ3n) is 2.73. The number of alkyl halides is 3. The van der Waals surface area contributed by atoms with Crippen molar-refractivity contribution in [3.05, 3.63) is 35.9 Å². The van der Waals surface area contributed by atoms with Crippen molar-refractivity contribution in [2.45, 2.75) is 32.0 Å². The summed E-state index contributed by atoms with van der Waals surface area (Å²) in [6.45, 7) is -0.0554. The summed E-state index contributed by atoms with van der Waals surface area (Å²) in [4.78, 5) is 26.4. The fourth-order valence-electron chi connectivity index (χ4n) is 1.64. The van der Waals surface area contributed by atoms with Gasteiger partial charge < -0.3 is 9.47 Å². The Kier molecular flexibility index (Phi) is 7.24. The number of esters is 1. The van der Waals surface area contributed by atoms with Crippen LogP contribution >= 0.6 is 0 Å². The molecular weight excluding hydrogens is 315 g/mol. The number of amides is 1. The SMILES string of the molecule is COC(=O)C(CCCC(F)(F)F)=NC(=O)OCc1ccccc1. The second kappa shape index (κ2) is 8.92. The zero-order chi connectivity index (χ0) is 17.3. The molecule has 1 aromatic rings. The number of halogens is 3. The van der Waals surface area contributed by atoms with Crippen LogP contribution in [0.15, 0.2) is 35.3 Å². The van der Waals surface area contributed by atoms with Gasteiger partial charge in [-0.15, -0.1) is 0 Å². The van der Waals surface area contributed by atoms with E-state index in [1.807, 2.05) is 0 Å². The second-order valence-corrected chi connectivity index (χ2v) is 4.56. The predicted molar refractivity (Wildman–Crippen MR) is 76.0 cm³/mol. The number of carbonyl (C=O) groups is 2. The Morgan fingerprint density at radius 1 is 1.17 bits per heavy atom. The Hall–Kier alpha value is -2.38. The smallest absolute Gasteiger partial charge is 0.434 e. The number of methoxy groups -OCH3 is 1. The van der Waals surface area contributed by atoms with E-state index in [4.69, 9.17) is 4.74 Å². The molecule has 126 valence electrons. The maximum Gasteiger partial charge on any atom is 0.434 e. The predicted octanol–water partition coefficient (Wildman–Crippen LogP) is 3.67. The molecule has 0 aliphatic carbocycles. The number of ether oxygens (including phenoxy) is 2. The van der Waals surface area contributed by atoms with Gasteiger partial charge in [0.15, 0.2) is 0 Å². The van der Waals surface area contributed by atoms with Crippen molar-refractivity contribution in [2.24, 2.45) is 4.99 Å². The molecule has 0 bridgehead atoms. The van der Waals surface area contributed by atoms with Crippen LogP contribution < -0.4 is 0 Å². The molecule has 23 heavy (non-hydrogen) atoms. The van der Waals surface area contributed by atoms with Crippen molar-refractivity contribution in [1.82, 2.24) is 0 Å². The van der Waals surface area contributed by atoms with Gasteiger partial charge in [-0.25, -0.2) is 9.59 Å². The summed E-state index contributed by atoms with van der Waals surface area (Å²) >= 11 is 0. The Labute approximate surface area is 131 Å². The van der Waals surface area contributed by atoms with E-state index in [0.29, 0.717) is 5.56 Å². The number of nitrogens with zero attached hydrogens (tertiary/aromatic N) is 1. The van der Waals surface area contributed by atoms with Gasteiger partial charge in [0, 0.05) is 6.42 Å². The van der Waals surface area contributed by atoms with E-state index in [-0.39, 0.29) is 19.4 Å². The fourth-order valence-corrected chi connectivity index (χ4v) is 1.64. The first kappa shape index (κ1) is 18.7. The Morgan fingerprint density at radius 2 is 1.83 bits per heavy atom. The molecular formula is C15H16F3NO4. The summed E-state index contributed by atoms with van der Waals surface area (Å²) in [5, 5.41) is 0. The molecule has 5 nitrogen and oxygen atoms in total. The van der Waals surface area contributed by atoms with E-state index in [1.54, 1.807) is 30.3 Å². The van der Waals surface area contributed by atoms with Gasteiger partial charge in [-0.1, -0.05) is 30.3 Å². The molecule has 0 aromatic heterocycles. The first-order valence-corrected chi connectivity index (χ1v) is 6.75. The van der Waals surface area contributed by atoms with E-state index >= 15 is 0 Å². The number of benzene rings is 1. The summed E-state index contributed by atoms with van der Waals surface area (Å²) in [5.74, 6) is -0.955. The topological polar surface area (TPSA) is 65.0 Å². The first-order chi connectivity index (χ1) is 10.8. The Balaban J connectivity index is 2.60. The van der Waals surface area contributed by atoms with Gasteiger partial charge >= 0.3 is 18.2 Å². The molecule has 0 spiro atoms. The summed E-state index contributed by atoms with van der Waals surface area (Å²) < 4.78 is 45.6. The number of hydrogen-bond acceptors (Lipinski definition) is 4. The average molecular weight is 331 g/mol. The number of hydrogen-bond donors (Lipinski definition) is 0. The lowest BCUT2D eigenvalue weighted by molar-refractivity contribution is -0.136. The molecule has 1 amide bonds. The second-order valence-electron chi connectivity index (χ2n) is 4.56. The fraction of sp³-hybridized carbons (Fsp3) is 0.400. The van der Waals surface area contributed by atoms with Crippen molar-refractivity contribution < 1.29 is 32.2 Å². The van der Waals surface area contributed by atoms with Crippen LogP contribution in [0.1, 0.15) is 24.8 Å². The lowest BCUT2D eigenvalue weighted by Gasteiger charge is -2.07. The van der Waals surface area contributed by atoms with Crippen LogP contribution in [0.5, 0.6) is 0 Å². The minimum absolute atomic E-state index is 0.0554. The summed E-state index contributed by atoms with van der Waals surface area (Å²) in [5.41, 5.74) is 0.322. The highest BCUT2D eigenvalue weighted by Crippen LogP contribution is 2.22. The maximum atomic E-state index is 12.1. The van der Waals surface area contributed by atoms with Gasteiger partial charge in [-0.3, -0.25) is 0 Å². The lowest BCUT2D eigenvalue weighted by atomic mass is 10.1. The lowest BCUT2D eigenvalue weighted by Crippen LogP contribution is -2.19. The van der Waals surface area contributed by atoms with E-state index < -0.39 is 30.4 Å². The summed E-state index contributed by atoms with van der Waals surface area (Å²) in [6.07, 6.45) is -7.17. The first-order valence-electron chi connectivity index (χ1n) is 6.75. The molecule has 0 saturated heterocycles.